The van der Waals surface area contributed by atoms with E-state index in [0.717, 1.165) is 18.9 Å². The Morgan fingerprint density at radius 2 is 2.05 bits per heavy atom. The van der Waals surface area contributed by atoms with Crippen LogP contribution in [0.1, 0.15) is 49.8 Å². The van der Waals surface area contributed by atoms with Crippen LogP contribution in [0.15, 0.2) is 0 Å². The van der Waals surface area contributed by atoms with Crippen LogP contribution in [0.5, 0.6) is 0 Å². The summed E-state index contributed by atoms with van der Waals surface area (Å²) in [5.41, 5.74) is 0. The van der Waals surface area contributed by atoms with E-state index in [1.54, 1.807) is 0 Å². The molecule has 1 aromatic rings. The van der Waals surface area contributed by atoms with Gasteiger partial charge in [-0.05, 0) is 39.4 Å². The van der Waals surface area contributed by atoms with Gasteiger partial charge in [0.1, 0.15) is 12.4 Å². The monoisotopic (exact) mass is 296 g/mol. The number of carboxylic acid groups (broad SMARTS) is 1. The highest BCUT2D eigenvalue weighted by Gasteiger charge is 2.29. The number of hydrogen-bond acceptors (Lipinski definition) is 5. The van der Waals surface area contributed by atoms with Gasteiger partial charge in [0.25, 0.3) is 6.47 Å². The fourth-order valence-electron chi connectivity index (χ4n) is 3.04. The van der Waals surface area contributed by atoms with Crippen LogP contribution in [0, 0.1) is 0 Å². The summed E-state index contributed by atoms with van der Waals surface area (Å²) in [6.07, 6.45) is 3.49. The average molecular weight is 296 g/mol. The maximum Gasteiger partial charge on any atom is 0.290 e. The Labute approximate surface area is 124 Å². The summed E-state index contributed by atoms with van der Waals surface area (Å²) >= 11 is 0. The van der Waals surface area contributed by atoms with Gasteiger partial charge in [0.05, 0.1) is 12.6 Å². The Morgan fingerprint density at radius 3 is 2.67 bits per heavy atom. The molecule has 1 unspecified atom stereocenters. The highest BCUT2D eigenvalue weighted by molar-refractivity contribution is 5.32. The maximum atomic E-state index is 8.36. The molecule has 3 rings (SSSR count). The predicted octanol–water partition coefficient (Wildman–Crippen LogP) is 1.27. The highest BCUT2D eigenvalue weighted by Crippen LogP contribution is 2.31. The van der Waals surface area contributed by atoms with Crippen molar-refractivity contribution in [3.05, 3.63) is 11.6 Å². The van der Waals surface area contributed by atoms with Crippen molar-refractivity contribution in [2.24, 2.45) is 0 Å². The van der Waals surface area contributed by atoms with E-state index in [4.69, 9.17) is 14.6 Å². The second kappa shape index (κ2) is 7.51. The van der Waals surface area contributed by atoms with Crippen molar-refractivity contribution in [1.29, 1.82) is 0 Å². The van der Waals surface area contributed by atoms with Crippen LogP contribution in [0.3, 0.4) is 0 Å². The van der Waals surface area contributed by atoms with Gasteiger partial charge >= 0.3 is 0 Å². The van der Waals surface area contributed by atoms with E-state index < -0.39 is 0 Å². The van der Waals surface area contributed by atoms with Crippen molar-refractivity contribution in [1.82, 2.24) is 19.7 Å². The molecule has 0 radical (unpaired) electrons. The molecule has 0 aromatic carbocycles. The zero-order valence-corrected chi connectivity index (χ0v) is 12.7. The lowest BCUT2D eigenvalue weighted by Gasteiger charge is -2.31. The maximum absolute atomic E-state index is 8.36. The number of carbonyl (C=O) groups is 1. The zero-order valence-electron chi connectivity index (χ0n) is 12.7. The minimum atomic E-state index is -0.250. The Morgan fingerprint density at radius 1 is 1.38 bits per heavy atom. The molecule has 1 fully saturated rings. The van der Waals surface area contributed by atoms with E-state index in [1.807, 2.05) is 0 Å². The molecular formula is C14H24N4O3. The molecule has 0 aliphatic carbocycles. The first-order chi connectivity index (χ1) is 10.2. The second-order valence-electron chi connectivity index (χ2n) is 5.60. The SMILES string of the molecule is CCC1COCc2nnc(C3CCN(C)CC3)n21.O=CO. The molecule has 1 aromatic heterocycles. The number of hydrogen-bond donors (Lipinski definition) is 1. The molecule has 3 heterocycles. The Kier molecular flexibility index (Phi) is 5.69. The average Bonchev–Trinajstić information content (AvgIpc) is 2.93. The van der Waals surface area contributed by atoms with Crippen LogP contribution in [0.25, 0.3) is 0 Å². The quantitative estimate of drug-likeness (QED) is 0.828. The summed E-state index contributed by atoms with van der Waals surface area (Å²) in [6, 6.07) is 0.429. The summed E-state index contributed by atoms with van der Waals surface area (Å²) in [7, 11) is 2.19. The topological polar surface area (TPSA) is 80.5 Å². The van der Waals surface area contributed by atoms with E-state index >= 15 is 0 Å². The molecule has 0 spiro atoms. The number of ether oxygens (including phenoxy) is 1. The van der Waals surface area contributed by atoms with Crippen molar-refractivity contribution in [2.75, 3.05) is 26.7 Å². The summed E-state index contributed by atoms with van der Waals surface area (Å²) < 4.78 is 7.95. The molecule has 118 valence electrons. The Balaban J connectivity index is 0.000000497. The summed E-state index contributed by atoms with van der Waals surface area (Å²) in [4.78, 5) is 10.8. The van der Waals surface area contributed by atoms with Gasteiger partial charge in [-0.3, -0.25) is 4.79 Å². The summed E-state index contributed by atoms with van der Waals surface area (Å²) in [5, 5.41) is 15.7. The summed E-state index contributed by atoms with van der Waals surface area (Å²) in [5.74, 6) is 2.80. The van der Waals surface area contributed by atoms with Gasteiger partial charge in [0.2, 0.25) is 0 Å². The molecule has 1 atom stereocenters. The van der Waals surface area contributed by atoms with E-state index in [0.29, 0.717) is 18.6 Å². The molecule has 0 saturated carbocycles. The first kappa shape index (κ1) is 15.9. The predicted molar refractivity (Wildman–Crippen MR) is 77.2 cm³/mol. The Hall–Kier alpha value is -1.47. The van der Waals surface area contributed by atoms with Gasteiger partial charge in [-0.25, -0.2) is 0 Å². The molecule has 21 heavy (non-hydrogen) atoms. The van der Waals surface area contributed by atoms with Gasteiger partial charge in [0, 0.05) is 5.92 Å². The number of likely N-dealkylation sites (tertiary alicyclic amines) is 1. The van der Waals surface area contributed by atoms with Crippen LogP contribution < -0.4 is 0 Å². The van der Waals surface area contributed by atoms with Gasteiger partial charge in [0.15, 0.2) is 5.82 Å². The standard InChI is InChI=1S/C13H22N4O.CH2O2/c1-3-11-8-18-9-12-14-15-13(17(11)12)10-4-6-16(2)7-5-10;2-1-3/h10-11H,3-9H2,1-2H3;1H,(H,2,3). The first-order valence-electron chi connectivity index (χ1n) is 7.49. The third-order valence-corrected chi connectivity index (χ3v) is 4.25. The largest absolute Gasteiger partial charge is 0.483 e. The van der Waals surface area contributed by atoms with Gasteiger partial charge in [-0.2, -0.15) is 0 Å². The highest BCUT2D eigenvalue weighted by atomic mass is 16.5. The van der Waals surface area contributed by atoms with E-state index in [1.165, 1.54) is 31.8 Å². The van der Waals surface area contributed by atoms with Crippen molar-refractivity contribution < 1.29 is 14.6 Å². The second-order valence-corrected chi connectivity index (χ2v) is 5.60. The van der Waals surface area contributed by atoms with Crippen LogP contribution in [-0.2, 0) is 16.1 Å². The number of nitrogens with zero attached hydrogens (tertiary/aromatic N) is 4. The fourth-order valence-corrected chi connectivity index (χ4v) is 3.04. The van der Waals surface area contributed by atoms with Crippen molar-refractivity contribution in [3.8, 4) is 0 Å². The third kappa shape index (κ3) is 3.59. The molecule has 7 heteroatoms. The lowest BCUT2D eigenvalue weighted by atomic mass is 9.95. The minimum Gasteiger partial charge on any atom is -0.483 e. The number of aromatic nitrogens is 3. The van der Waals surface area contributed by atoms with Crippen molar-refractivity contribution in [2.45, 2.75) is 44.8 Å². The zero-order chi connectivity index (χ0) is 15.2. The normalized spacial score (nSPS) is 23.0. The van der Waals surface area contributed by atoms with E-state index in [-0.39, 0.29) is 6.47 Å². The smallest absolute Gasteiger partial charge is 0.290 e. The van der Waals surface area contributed by atoms with Crippen molar-refractivity contribution in [3.63, 3.8) is 0 Å². The molecule has 0 amide bonds. The lowest BCUT2D eigenvalue weighted by Crippen LogP contribution is -2.32. The molecule has 1 N–H and O–H groups in total. The van der Waals surface area contributed by atoms with Gasteiger partial charge in [-0.15, -0.1) is 10.2 Å². The number of piperidine rings is 1. The van der Waals surface area contributed by atoms with E-state index in [2.05, 4.69) is 33.6 Å². The molecular weight excluding hydrogens is 272 g/mol. The van der Waals surface area contributed by atoms with Crippen LogP contribution in [0.2, 0.25) is 0 Å². The minimum absolute atomic E-state index is 0.250. The third-order valence-electron chi connectivity index (χ3n) is 4.25. The molecule has 0 bridgehead atoms. The lowest BCUT2D eigenvalue weighted by molar-refractivity contribution is -0.122. The molecule has 2 aliphatic rings. The van der Waals surface area contributed by atoms with Crippen LogP contribution in [-0.4, -0.2) is 58.0 Å². The van der Waals surface area contributed by atoms with Gasteiger partial charge < -0.3 is 19.3 Å². The van der Waals surface area contributed by atoms with Gasteiger partial charge in [-0.1, -0.05) is 6.92 Å². The summed E-state index contributed by atoms with van der Waals surface area (Å²) in [6.45, 7) is 5.72. The first-order valence-corrected chi connectivity index (χ1v) is 7.49. The molecule has 7 nitrogen and oxygen atoms in total. The van der Waals surface area contributed by atoms with Crippen LogP contribution in [0.4, 0.5) is 0 Å². The van der Waals surface area contributed by atoms with Crippen LogP contribution >= 0.6 is 0 Å². The fraction of sp³-hybridized carbons (Fsp3) is 0.786. The molecule has 1 saturated heterocycles. The molecule has 2 aliphatic heterocycles. The van der Waals surface area contributed by atoms with Crippen molar-refractivity contribution >= 4 is 6.47 Å². The van der Waals surface area contributed by atoms with E-state index in [9.17, 15) is 0 Å². The number of fused-ring (bicyclic) bond motifs is 1. The Bertz CT molecular complexity index is 455. The number of rotatable bonds is 2.